The lowest BCUT2D eigenvalue weighted by molar-refractivity contribution is 0.576. The third-order valence-electron chi connectivity index (χ3n) is 4.75. The molecular formula is C20H23N3S. The van der Waals surface area contributed by atoms with Crippen LogP contribution in [0.4, 0.5) is 5.69 Å². The number of piperidine rings is 1. The minimum Gasteiger partial charge on any atom is -0.371 e. The maximum Gasteiger partial charge on any atom is 0.0527 e. The van der Waals surface area contributed by atoms with E-state index >= 15 is 0 Å². The number of fused-ring (bicyclic) bond motifs is 1. The highest BCUT2D eigenvalue weighted by atomic mass is 32.2. The van der Waals surface area contributed by atoms with Gasteiger partial charge in [0.05, 0.1) is 5.69 Å². The molecule has 0 atom stereocenters. The zero-order valence-corrected chi connectivity index (χ0v) is 14.9. The van der Waals surface area contributed by atoms with Crippen molar-refractivity contribution in [2.24, 2.45) is 0 Å². The van der Waals surface area contributed by atoms with Crippen LogP contribution < -0.4 is 4.90 Å². The van der Waals surface area contributed by atoms with Crippen molar-refractivity contribution in [2.45, 2.75) is 36.8 Å². The Morgan fingerprint density at radius 3 is 2.88 bits per heavy atom. The highest BCUT2D eigenvalue weighted by molar-refractivity contribution is 7.98. The average molecular weight is 337 g/mol. The van der Waals surface area contributed by atoms with Crippen molar-refractivity contribution < 1.29 is 0 Å². The highest BCUT2D eigenvalue weighted by Gasteiger charge is 2.14. The van der Waals surface area contributed by atoms with Gasteiger partial charge in [0.15, 0.2) is 0 Å². The second-order valence-corrected chi connectivity index (χ2v) is 7.51. The van der Waals surface area contributed by atoms with Crippen LogP contribution in [0.3, 0.4) is 0 Å². The number of benzene rings is 1. The van der Waals surface area contributed by atoms with Crippen molar-refractivity contribution in [3.8, 4) is 0 Å². The molecular weight excluding hydrogens is 314 g/mol. The molecule has 1 fully saturated rings. The molecule has 4 heteroatoms. The normalized spacial score (nSPS) is 15.1. The van der Waals surface area contributed by atoms with Crippen LogP contribution in [-0.2, 0) is 5.75 Å². The van der Waals surface area contributed by atoms with Crippen molar-refractivity contribution in [1.29, 1.82) is 0 Å². The van der Waals surface area contributed by atoms with Gasteiger partial charge in [-0.25, -0.2) is 0 Å². The second-order valence-electron chi connectivity index (χ2n) is 6.50. The van der Waals surface area contributed by atoms with Crippen molar-refractivity contribution in [3.63, 3.8) is 0 Å². The molecule has 0 amide bonds. The zero-order valence-electron chi connectivity index (χ0n) is 14.1. The van der Waals surface area contributed by atoms with Gasteiger partial charge in [-0.1, -0.05) is 18.2 Å². The van der Waals surface area contributed by atoms with Crippen LogP contribution in [0.25, 0.3) is 10.9 Å². The highest BCUT2D eigenvalue weighted by Crippen LogP contribution is 2.31. The van der Waals surface area contributed by atoms with E-state index in [-0.39, 0.29) is 0 Å². The summed E-state index contributed by atoms with van der Waals surface area (Å²) < 4.78 is 0. The summed E-state index contributed by atoms with van der Waals surface area (Å²) in [4.78, 5) is 11.8. The van der Waals surface area contributed by atoms with Crippen LogP contribution in [0.15, 0.2) is 47.6 Å². The fraction of sp³-hybridized carbons (Fsp3) is 0.350. The quantitative estimate of drug-likeness (QED) is 0.668. The fourth-order valence-electron chi connectivity index (χ4n) is 3.43. The van der Waals surface area contributed by atoms with E-state index in [9.17, 15) is 0 Å². The number of thioether (sulfide) groups is 1. The summed E-state index contributed by atoms with van der Waals surface area (Å²) in [6.07, 6.45) is 8.12. The summed E-state index contributed by atoms with van der Waals surface area (Å²) in [5, 5.41) is 1.30. The number of nitrogens with one attached hydrogen (secondary N) is 1. The number of anilines is 1. The fourth-order valence-corrected chi connectivity index (χ4v) is 4.36. The number of rotatable bonds is 4. The molecule has 1 aliphatic rings. The van der Waals surface area contributed by atoms with Gasteiger partial charge in [0, 0.05) is 52.7 Å². The van der Waals surface area contributed by atoms with E-state index in [2.05, 4.69) is 58.3 Å². The number of hydrogen-bond acceptors (Lipinski definition) is 3. The third-order valence-corrected chi connectivity index (χ3v) is 5.84. The monoisotopic (exact) mass is 337 g/mol. The lowest BCUT2D eigenvalue weighted by Crippen LogP contribution is -2.30. The molecule has 1 aromatic carbocycles. The first-order valence-corrected chi connectivity index (χ1v) is 9.69. The van der Waals surface area contributed by atoms with Gasteiger partial charge in [-0.05, 0) is 43.9 Å². The van der Waals surface area contributed by atoms with Crippen LogP contribution in [-0.4, -0.2) is 23.1 Å². The van der Waals surface area contributed by atoms with E-state index in [1.165, 1.54) is 59.4 Å². The molecule has 3 aromatic rings. The summed E-state index contributed by atoms with van der Waals surface area (Å²) >= 11 is 1.86. The SMILES string of the molecule is Cc1cnc(CSc2c[nH]c3ccccc23)cc1N1CCCCC1. The predicted octanol–water partition coefficient (Wildman–Crippen LogP) is 5.15. The Morgan fingerprint density at radius 2 is 2.00 bits per heavy atom. The summed E-state index contributed by atoms with van der Waals surface area (Å²) in [6, 6.07) is 10.8. The Morgan fingerprint density at radius 1 is 1.17 bits per heavy atom. The van der Waals surface area contributed by atoms with Gasteiger partial charge < -0.3 is 9.88 Å². The summed E-state index contributed by atoms with van der Waals surface area (Å²) in [5.41, 5.74) is 5.03. The van der Waals surface area contributed by atoms with E-state index in [1.54, 1.807) is 0 Å². The molecule has 0 radical (unpaired) electrons. The molecule has 0 aliphatic carbocycles. The van der Waals surface area contributed by atoms with Gasteiger partial charge in [0.2, 0.25) is 0 Å². The molecule has 3 nitrogen and oxygen atoms in total. The van der Waals surface area contributed by atoms with Crippen LogP contribution in [0.2, 0.25) is 0 Å². The largest absolute Gasteiger partial charge is 0.371 e. The van der Waals surface area contributed by atoms with Gasteiger partial charge in [-0.15, -0.1) is 11.8 Å². The Labute approximate surface area is 147 Å². The van der Waals surface area contributed by atoms with Crippen LogP contribution in [0.1, 0.15) is 30.5 Å². The van der Waals surface area contributed by atoms with Crippen molar-refractivity contribution in [3.05, 3.63) is 54.0 Å². The van der Waals surface area contributed by atoms with Gasteiger partial charge >= 0.3 is 0 Å². The van der Waals surface area contributed by atoms with Crippen molar-refractivity contribution in [2.75, 3.05) is 18.0 Å². The first kappa shape index (κ1) is 15.6. The predicted molar refractivity (Wildman–Crippen MR) is 103 cm³/mol. The molecule has 0 unspecified atom stereocenters. The Balaban J connectivity index is 1.52. The molecule has 1 aliphatic heterocycles. The van der Waals surface area contributed by atoms with Crippen LogP contribution >= 0.6 is 11.8 Å². The summed E-state index contributed by atoms with van der Waals surface area (Å²) in [6.45, 7) is 4.54. The number of aryl methyl sites for hydroxylation is 1. The number of aromatic amines is 1. The minimum absolute atomic E-state index is 0.906. The third kappa shape index (κ3) is 3.16. The van der Waals surface area contributed by atoms with E-state index in [1.807, 2.05) is 18.0 Å². The Kier molecular flexibility index (Phi) is 4.48. The van der Waals surface area contributed by atoms with Crippen LogP contribution in [0, 0.1) is 6.92 Å². The topological polar surface area (TPSA) is 31.9 Å². The summed E-state index contributed by atoms with van der Waals surface area (Å²) in [7, 11) is 0. The van der Waals surface area contributed by atoms with E-state index in [0.29, 0.717) is 0 Å². The number of hydrogen-bond donors (Lipinski definition) is 1. The van der Waals surface area contributed by atoms with Gasteiger partial charge in [0.25, 0.3) is 0 Å². The van der Waals surface area contributed by atoms with E-state index in [4.69, 9.17) is 0 Å². The molecule has 0 saturated carbocycles. The number of nitrogens with zero attached hydrogens (tertiary/aromatic N) is 2. The Bertz CT molecular complexity index is 834. The maximum absolute atomic E-state index is 4.66. The average Bonchev–Trinajstić information content (AvgIpc) is 3.05. The number of aromatic nitrogens is 2. The zero-order chi connectivity index (χ0) is 16.4. The van der Waals surface area contributed by atoms with Gasteiger partial charge in [-0.2, -0.15) is 0 Å². The molecule has 3 heterocycles. The molecule has 1 N–H and O–H groups in total. The van der Waals surface area contributed by atoms with Crippen LogP contribution in [0.5, 0.6) is 0 Å². The molecule has 0 bridgehead atoms. The number of H-pyrrole nitrogens is 1. The molecule has 2 aromatic heterocycles. The van der Waals surface area contributed by atoms with E-state index < -0.39 is 0 Å². The first-order chi connectivity index (χ1) is 11.8. The first-order valence-electron chi connectivity index (χ1n) is 8.70. The van der Waals surface area contributed by atoms with Gasteiger partial charge in [0.1, 0.15) is 0 Å². The molecule has 4 rings (SSSR count). The van der Waals surface area contributed by atoms with Gasteiger partial charge in [-0.3, -0.25) is 4.98 Å². The molecule has 24 heavy (non-hydrogen) atoms. The number of pyridine rings is 1. The lowest BCUT2D eigenvalue weighted by atomic mass is 10.1. The number of para-hydroxylation sites is 1. The molecule has 0 spiro atoms. The molecule has 1 saturated heterocycles. The standard InChI is InChI=1S/C20H23N3S/c1-15-12-21-16(11-19(15)23-9-5-2-6-10-23)14-24-20-13-22-18-8-4-3-7-17(18)20/h3-4,7-8,11-13,22H,2,5-6,9-10,14H2,1H3. The lowest BCUT2D eigenvalue weighted by Gasteiger charge is -2.30. The smallest absolute Gasteiger partial charge is 0.0527 e. The Hall–Kier alpha value is -1.94. The van der Waals surface area contributed by atoms with E-state index in [0.717, 1.165) is 11.4 Å². The second kappa shape index (κ2) is 6.89. The van der Waals surface area contributed by atoms with Crippen molar-refractivity contribution >= 4 is 28.4 Å². The van der Waals surface area contributed by atoms with Crippen molar-refractivity contribution in [1.82, 2.24) is 9.97 Å². The summed E-state index contributed by atoms with van der Waals surface area (Å²) in [5.74, 6) is 0.906. The molecule has 124 valence electrons. The maximum atomic E-state index is 4.66. The minimum atomic E-state index is 0.906.